The van der Waals surface area contributed by atoms with E-state index in [0.29, 0.717) is 18.5 Å². The Morgan fingerprint density at radius 2 is 1.89 bits per heavy atom. The summed E-state index contributed by atoms with van der Waals surface area (Å²) in [4.78, 5) is 13.3. The van der Waals surface area contributed by atoms with Crippen molar-refractivity contribution in [1.29, 1.82) is 0 Å². The normalized spacial score (nSPS) is 36.4. The number of hydrogen-bond donors (Lipinski definition) is 5. The lowest BCUT2D eigenvalue weighted by molar-refractivity contribution is -0.205. The van der Waals surface area contributed by atoms with Crippen LogP contribution in [0.15, 0.2) is 24.3 Å². The zero-order chi connectivity index (χ0) is 26.1. The molecule has 1 aromatic rings. The summed E-state index contributed by atoms with van der Waals surface area (Å²) in [6.45, 7) is 2.30. The first kappa shape index (κ1) is 27.7. The average Bonchev–Trinajstić information content (AvgIpc) is 3.10. The second-order valence-electron chi connectivity index (χ2n) is 9.37. The van der Waals surface area contributed by atoms with E-state index in [4.69, 9.17) is 21.1 Å². The van der Waals surface area contributed by atoms with Crippen molar-refractivity contribution in [2.45, 2.75) is 66.8 Å². The van der Waals surface area contributed by atoms with Crippen LogP contribution in [-0.4, -0.2) is 94.1 Å². The van der Waals surface area contributed by atoms with Crippen LogP contribution >= 0.6 is 23.4 Å². The van der Waals surface area contributed by atoms with Crippen LogP contribution in [0.5, 0.6) is 0 Å². The first-order valence-corrected chi connectivity index (χ1v) is 13.5. The first-order valence-electron chi connectivity index (χ1n) is 11.8. The maximum Gasteiger partial charge on any atom is 0.240 e. The molecule has 0 aliphatic carbocycles. The standard InChI is InChI=1S/C24H31ClF2N2O6S/c1-10(25)16(22-19(31)18(30)20(32)24(35-22)36-2)29-23(33)17-21-13(9-28-17)5-11(3-4-34-21)12-6-14(26)8-15(27)7-12/h5-8,10,13,16-22,24,28,30-32H,3-4,9H2,1-2H3,(H,29,33)/t10-,13-,16+,17-,18?,19-,20+,21+,22+,24?/m0/s1. The van der Waals surface area contributed by atoms with Crippen molar-refractivity contribution in [3.63, 3.8) is 0 Å². The summed E-state index contributed by atoms with van der Waals surface area (Å²) >= 11 is 7.53. The van der Waals surface area contributed by atoms with Crippen molar-refractivity contribution in [2.75, 3.05) is 19.4 Å². The Morgan fingerprint density at radius 1 is 1.19 bits per heavy atom. The number of aliphatic hydroxyl groups excluding tert-OH is 3. The van der Waals surface area contributed by atoms with Gasteiger partial charge in [-0.25, -0.2) is 8.78 Å². The van der Waals surface area contributed by atoms with Gasteiger partial charge in [0.15, 0.2) is 0 Å². The molecule has 3 aliphatic rings. The summed E-state index contributed by atoms with van der Waals surface area (Å²) in [5.41, 5.74) is 0.372. The van der Waals surface area contributed by atoms with Crippen LogP contribution in [0, 0.1) is 17.6 Å². The smallest absolute Gasteiger partial charge is 0.240 e. The lowest BCUT2D eigenvalue weighted by atomic mass is 9.92. The van der Waals surface area contributed by atoms with Gasteiger partial charge in [-0.3, -0.25) is 4.79 Å². The maximum atomic E-state index is 13.7. The highest BCUT2D eigenvalue weighted by Gasteiger charge is 2.49. The lowest BCUT2D eigenvalue weighted by Gasteiger charge is -2.44. The zero-order valence-corrected chi connectivity index (χ0v) is 21.4. The summed E-state index contributed by atoms with van der Waals surface area (Å²) in [6.07, 6.45) is -1.80. The molecule has 3 aliphatic heterocycles. The quantitative estimate of drug-likeness (QED) is 0.334. The topological polar surface area (TPSA) is 120 Å². The molecule has 36 heavy (non-hydrogen) atoms. The molecule has 2 fully saturated rings. The van der Waals surface area contributed by atoms with Crippen molar-refractivity contribution in [1.82, 2.24) is 10.6 Å². The van der Waals surface area contributed by atoms with Crippen LogP contribution in [0.1, 0.15) is 18.9 Å². The first-order chi connectivity index (χ1) is 17.1. The summed E-state index contributed by atoms with van der Waals surface area (Å²) < 4.78 is 39.3. The van der Waals surface area contributed by atoms with E-state index in [-0.39, 0.29) is 12.5 Å². The van der Waals surface area contributed by atoms with Crippen LogP contribution in [0.3, 0.4) is 0 Å². The molecule has 3 heterocycles. The summed E-state index contributed by atoms with van der Waals surface area (Å²) in [6, 6.07) is 1.74. The third kappa shape index (κ3) is 5.73. The van der Waals surface area contributed by atoms with Gasteiger partial charge in [0.05, 0.1) is 24.1 Å². The largest absolute Gasteiger partial charge is 0.388 e. The van der Waals surface area contributed by atoms with Crippen molar-refractivity contribution >= 4 is 34.8 Å². The Hall–Kier alpha value is -1.31. The molecule has 2 unspecified atom stereocenters. The monoisotopic (exact) mass is 548 g/mol. The number of ether oxygens (including phenoxy) is 2. The molecule has 10 atom stereocenters. The number of rotatable bonds is 6. The maximum absolute atomic E-state index is 13.7. The van der Waals surface area contributed by atoms with Gasteiger partial charge in [-0.1, -0.05) is 6.08 Å². The van der Waals surface area contributed by atoms with Gasteiger partial charge in [-0.15, -0.1) is 23.4 Å². The number of benzene rings is 1. The fraction of sp³-hybridized carbons (Fsp3) is 0.625. The van der Waals surface area contributed by atoms with Crippen molar-refractivity contribution in [3.8, 4) is 0 Å². The molecule has 12 heteroatoms. The Morgan fingerprint density at radius 3 is 2.53 bits per heavy atom. The summed E-state index contributed by atoms with van der Waals surface area (Å²) in [7, 11) is 0. The van der Waals surface area contributed by atoms with Crippen LogP contribution in [-0.2, 0) is 14.3 Å². The third-order valence-corrected chi connectivity index (χ3v) is 8.06. The van der Waals surface area contributed by atoms with Gasteiger partial charge in [-0.2, -0.15) is 0 Å². The molecule has 0 radical (unpaired) electrons. The van der Waals surface area contributed by atoms with Crippen molar-refractivity contribution in [3.05, 3.63) is 41.5 Å². The number of carbonyl (C=O) groups is 1. The van der Waals surface area contributed by atoms with Gasteiger partial charge in [0.1, 0.15) is 47.5 Å². The number of alkyl halides is 1. The molecule has 0 spiro atoms. The van der Waals surface area contributed by atoms with E-state index in [1.165, 1.54) is 23.9 Å². The van der Waals surface area contributed by atoms with Crippen LogP contribution in [0.4, 0.5) is 8.78 Å². The number of fused-ring (bicyclic) bond motifs is 1. The van der Waals surface area contributed by atoms with Gasteiger partial charge in [0, 0.05) is 18.5 Å². The molecule has 0 saturated carbocycles. The summed E-state index contributed by atoms with van der Waals surface area (Å²) in [5, 5.41) is 36.3. The summed E-state index contributed by atoms with van der Waals surface area (Å²) in [5.74, 6) is -1.97. The van der Waals surface area contributed by atoms with Crippen LogP contribution in [0.2, 0.25) is 0 Å². The van der Waals surface area contributed by atoms with Crippen molar-refractivity contribution in [2.24, 2.45) is 5.92 Å². The van der Waals surface area contributed by atoms with E-state index in [9.17, 15) is 28.9 Å². The van der Waals surface area contributed by atoms with Gasteiger partial charge in [0.25, 0.3) is 0 Å². The Kier molecular flexibility index (Phi) is 8.94. The number of amides is 1. The Labute approximate surface area is 217 Å². The number of thioether (sulfide) groups is 1. The number of hydrogen-bond acceptors (Lipinski definition) is 8. The predicted octanol–water partition coefficient (Wildman–Crippen LogP) is 1.01. The predicted molar refractivity (Wildman–Crippen MR) is 131 cm³/mol. The molecular formula is C24H31ClF2N2O6S. The molecule has 200 valence electrons. The minimum atomic E-state index is -1.47. The molecule has 5 N–H and O–H groups in total. The average molecular weight is 549 g/mol. The second kappa shape index (κ2) is 11.6. The van der Waals surface area contributed by atoms with E-state index < -0.39 is 71.0 Å². The van der Waals surface area contributed by atoms with E-state index in [0.717, 1.165) is 11.6 Å². The number of nitrogens with one attached hydrogen (secondary N) is 2. The molecule has 0 bridgehead atoms. The highest BCUT2D eigenvalue weighted by Crippen LogP contribution is 2.33. The van der Waals surface area contributed by atoms with E-state index in [2.05, 4.69) is 10.6 Å². The fourth-order valence-corrected chi connectivity index (χ4v) is 5.95. The number of aliphatic hydroxyl groups is 3. The lowest BCUT2D eigenvalue weighted by Crippen LogP contribution is -2.65. The number of carbonyl (C=O) groups excluding carboxylic acids is 1. The third-order valence-electron chi connectivity index (χ3n) is 6.93. The molecular weight excluding hydrogens is 518 g/mol. The highest BCUT2D eigenvalue weighted by atomic mass is 35.5. The van der Waals surface area contributed by atoms with E-state index in [1.807, 2.05) is 6.08 Å². The molecule has 1 amide bonds. The van der Waals surface area contributed by atoms with Crippen molar-refractivity contribution < 1.29 is 38.4 Å². The molecule has 2 saturated heterocycles. The van der Waals surface area contributed by atoms with Gasteiger partial charge >= 0.3 is 0 Å². The minimum Gasteiger partial charge on any atom is -0.388 e. The van der Waals surface area contributed by atoms with E-state index in [1.54, 1.807) is 13.2 Å². The molecule has 1 aromatic carbocycles. The Bertz CT molecular complexity index is 966. The molecule has 4 rings (SSSR count). The number of halogens is 3. The zero-order valence-electron chi connectivity index (χ0n) is 19.8. The Balaban J connectivity index is 1.49. The fourth-order valence-electron chi connectivity index (χ4n) is 5.06. The van der Waals surface area contributed by atoms with Crippen LogP contribution in [0.25, 0.3) is 5.57 Å². The highest BCUT2D eigenvalue weighted by molar-refractivity contribution is 7.99. The SMILES string of the molecule is CSC1O[C@H]([C@H](NC(=O)[C@H]2NC[C@@H]3C=C(c4cc(F)cc(F)c4)CCO[C@@H]23)[C@H](C)Cl)[C@@H](O)C(O)[C@H]1O. The van der Waals surface area contributed by atoms with Gasteiger partial charge < -0.3 is 35.4 Å². The second-order valence-corrected chi connectivity index (χ2v) is 11.0. The van der Waals surface area contributed by atoms with E-state index >= 15 is 0 Å². The van der Waals surface area contributed by atoms with Crippen LogP contribution < -0.4 is 10.6 Å². The van der Waals surface area contributed by atoms with Gasteiger partial charge in [-0.05, 0) is 42.9 Å². The molecule has 8 nitrogen and oxygen atoms in total. The molecule has 0 aromatic heterocycles. The minimum absolute atomic E-state index is 0.217. The van der Waals surface area contributed by atoms with Gasteiger partial charge in [0.2, 0.25) is 5.91 Å².